The van der Waals surface area contributed by atoms with Gasteiger partial charge >= 0.3 is 0 Å². The van der Waals surface area contributed by atoms with Gasteiger partial charge < -0.3 is 13.7 Å². The summed E-state index contributed by atoms with van der Waals surface area (Å²) in [5.41, 5.74) is 2.67. The van der Waals surface area contributed by atoms with Gasteiger partial charge in [0.1, 0.15) is 5.82 Å². The molecule has 1 aromatic carbocycles. The number of hydrogen-bond donors (Lipinski definition) is 0. The summed E-state index contributed by atoms with van der Waals surface area (Å²) in [5, 5.41) is 10.3. The first-order chi connectivity index (χ1) is 14.2. The van der Waals surface area contributed by atoms with Crippen molar-refractivity contribution in [3.8, 4) is 0 Å². The van der Waals surface area contributed by atoms with Crippen LogP contribution in [0.4, 0.5) is 0 Å². The van der Waals surface area contributed by atoms with Crippen LogP contribution in [0, 0.1) is 0 Å². The van der Waals surface area contributed by atoms with Crippen LogP contribution < -0.4 is 0 Å². The number of para-hydroxylation sites is 1. The molecule has 1 atom stereocenters. The van der Waals surface area contributed by atoms with Crippen LogP contribution in [0.3, 0.4) is 0 Å². The van der Waals surface area contributed by atoms with Crippen LogP contribution in [0.25, 0.3) is 10.9 Å². The lowest BCUT2D eigenvalue weighted by atomic mass is 9.97. The van der Waals surface area contributed by atoms with E-state index in [-0.39, 0.29) is 0 Å². The number of imidazole rings is 1. The van der Waals surface area contributed by atoms with Gasteiger partial charge in [-0.1, -0.05) is 18.2 Å². The van der Waals surface area contributed by atoms with E-state index in [1.807, 2.05) is 17.1 Å². The molecule has 0 saturated carbocycles. The highest BCUT2D eigenvalue weighted by molar-refractivity contribution is 5.81. The normalized spacial score (nSPS) is 17.9. The minimum atomic E-state index is 0.424. The van der Waals surface area contributed by atoms with Gasteiger partial charge in [-0.2, -0.15) is 0 Å². The molecule has 7 heteroatoms. The lowest BCUT2D eigenvalue weighted by molar-refractivity contribution is 0.191. The van der Waals surface area contributed by atoms with E-state index in [0.717, 1.165) is 31.3 Å². The average Bonchev–Trinajstić information content (AvgIpc) is 3.45. The van der Waals surface area contributed by atoms with Crippen molar-refractivity contribution >= 4 is 10.9 Å². The topological polar surface area (TPSA) is 56.7 Å². The number of hydrogen-bond acceptors (Lipinski definition) is 4. The molecule has 5 rings (SSSR count). The Morgan fingerprint density at radius 1 is 1.07 bits per heavy atom. The summed E-state index contributed by atoms with van der Waals surface area (Å²) in [4.78, 5) is 6.68. The number of piperidine rings is 1. The Morgan fingerprint density at radius 3 is 2.79 bits per heavy atom. The molecule has 0 radical (unpaired) electrons. The SMILES string of the molecule is Cn1c(Cn2ccnc2)nnc1C1CCCN(Cc2cc3ccccc3n2C)C1. The third-order valence-corrected chi connectivity index (χ3v) is 6.19. The van der Waals surface area contributed by atoms with Crippen LogP contribution >= 0.6 is 0 Å². The highest BCUT2D eigenvalue weighted by Gasteiger charge is 2.26. The predicted octanol–water partition coefficient (Wildman–Crippen LogP) is 2.93. The molecule has 0 aliphatic carbocycles. The van der Waals surface area contributed by atoms with Crippen molar-refractivity contribution in [1.29, 1.82) is 0 Å². The van der Waals surface area contributed by atoms with E-state index >= 15 is 0 Å². The summed E-state index contributed by atoms with van der Waals surface area (Å²) in [7, 11) is 4.26. The molecule has 0 N–H and O–H groups in total. The zero-order valence-electron chi connectivity index (χ0n) is 17.1. The van der Waals surface area contributed by atoms with Gasteiger partial charge in [0.25, 0.3) is 0 Å². The molecule has 0 amide bonds. The van der Waals surface area contributed by atoms with E-state index in [4.69, 9.17) is 0 Å². The number of aryl methyl sites for hydroxylation is 1. The number of likely N-dealkylation sites (tertiary alicyclic amines) is 1. The van der Waals surface area contributed by atoms with Gasteiger partial charge in [0, 0.05) is 56.7 Å². The molecule has 1 saturated heterocycles. The largest absolute Gasteiger partial charge is 0.346 e. The predicted molar refractivity (Wildman–Crippen MR) is 113 cm³/mol. The smallest absolute Gasteiger partial charge is 0.152 e. The Hall–Kier alpha value is -2.93. The molecule has 3 aromatic heterocycles. The van der Waals surface area contributed by atoms with Crippen LogP contribution in [0.5, 0.6) is 0 Å². The van der Waals surface area contributed by atoms with Gasteiger partial charge in [-0.15, -0.1) is 10.2 Å². The Morgan fingerprint density at radius 2 is 1.97 bits per heavy atom. The number of aromatic nitrogens is 6. The number of nitrogens with zero attached hydrogens (tertiary/aromatic N) is 7. The van der Waals surface area contributed by atoms with Crippen LogP contribution in [0.2, 0.25) is 0 Å². The molecule has 0 bridgehead atoms. The maximum atomic E-state index is 4.56. The maximum Gasteiger partial charge on any atom is 0.152 e. The standard InChI is InChI=1S/C22H27N7/c1-26-19(12-17-6-3-4-8-20(17)26)14-28-10-5-7-18(13-28)22-25-24-21(27(22)2)15-29-11-9-23-16-29/h3-4,6,8-9,11-12,16,18H,5,7,10,13-15H2,1-2H3. The highest BCUT2D eigenvalue weighted by atomic mass is 15.3. The summed E-state index contributed by atoms with van der Waals surface area (Å²) < 4.78 is 6.52. The second-order valence-electron chi connectivity index (χ2n) is 8.10. The van der Waals surface area contributed by atoms with E-state index in [2.05, 4.69) is 73.6 Å². The molecule has 0 spiro atoms. The van der Waals surface area contributed by atoms with Crippen molar-refractivity contribution in [3.05, 3.63) is 66.4 Å². The first-order valence-electron chi connectivity index (χ1n) is 10.3. The first kappa shape index (κ1) is 18.1. The van der Waals surface area contributed by atoms with Crippen LogP contribution in [-0.4, -0.2) is 46.9 Å². The molecule has 4 heterocycles. The van der Waals surface area contributed by atoms with Crippen molar-refractivity contribution in [2.45, 2.75) is 31.8 Å². The van der Waals surface area contributed by atoms with Crippen LogP contribution in [0.1, 0.15) is 36.1 Å². The monoisotopic (exact) mass is 389 g/mol. The third kappa shape index (κ3) is 3.46. The fraction of sp³-hybridized carbons (Fsp3) is 0.409. The Bertz CT molecular complexity index is 1110. The summed E-state index contributed by atoms with van der Waals surface area (Å²) in [5.74, 6) is 2.50. The number of rotatable bonds is 5. The number of fused-ring (bicyclic) bond motifs is 1. The second kappa shape index (κ2) is 7.48. The molecule has 1 fully saturated rings. The molecule has 4 aromatic rings. The van der Waals surface area contributed by atoms with Gasteiger partial charge in [-0.05, 0) is 36.9 Å². The van der Waals surface area contributed by atoms with Gasteiger partial charge in [-0.25, -0.2) is 4.98 Å². The van der Waals surface area contributed by atoms with Gasteiger partial charge in [0.2, 0.25) is 0 Å². The van der Waals surface area contributed by atoms with E-state index in [1.165, 1.54) is 29.4 Å². The lowest BCUT2D eigenvalue weighted by Crippen LogP contribution is -2.35. The maximum absolute atomic E-state index is 4.56. The lowest BCUT2D eigenvalue weighted by Gasteiger charge is -2.32. The van der Waals surface area contributed by atoms with E-state index in [0.29, 0.717) is 12.5 Å². The summed E-state index contributed by atoms with van der Waals surface area (Å²) in [6.07, 6.45) is 7.94. The van der Waals surface area contributed by atoms with Crippen molar-refractivity contribution < 1.29 is 0 Å². The van der Waals surface area contributed by atoms with E-state index in [9.17, 15) is 0 Å². The van der Waals surface area contributed by atoms with Crippen molar-refractivity contribution in [2.75, 3.05) is 13.1 Å². The van der Waals surface area contributed by atoms with Gasteiger partial charge in [0.05, 0.1) is 12.9 Å². The van der Waals surface area contributed by atoms with E-state index in [1.54, 1.807) is 6.20 Å². The third-order valence-electron chi connectivity index (χ3n) is 6.19. The van der Waals surface area contributed by atoms with Crippen molar-refractivity contribution in [1.82, 2.24) is 33.8 Å². The van der Waals surface area contributed by atoms with Crippen LogP contribution in [0.15, 0.2) is 49.1 Å². The first-order valence-corrected chi connectivity index (χ1v) is 10.3. The van der Waals surface area contributed by atoms with Crippen molar-refractivity contribution in [2.24, 2.45) is 14.1 Å². The zero-order valence-corrected chi connectivity index (χ0v) is 17.1. The fourth-order valence-corrected chi connectivity index (χ4v) is 4.55. The average molecular weight is 390 g/mol. The summed E-state index contributed by atoms with van der Waals surface area (Å²) in [6.45, 7) is 3.84. The molecule has 1 unspecified atom stereocenters. The second-order valence-corrected chi connectivity index (χ2v) is 8.10. The zero-order chi connectivity index (χ0) is 19.8. The molecule has 29 heavy (non-hydrogen) atoms. The molecule has 150 valence electrons. The van der Waals surface area contributed by atoms with Crippen molar-refractivity contribution in [3.63, 3.8) is 0 Å². The molecule has 1 aliphatic heterocycles. The van der Waals surface area contributed by atoms with Gasteiger partial charge in [0.15, 0.2) is 5.82 Å². The minimum Gasteiger partial charge on any atom is -0.346 e. The molecule has 1 aliphatic rings. The summed E-state index contributed by atoms with van der Waals surface area (Å²) in [6, 6.07) is 10.9. The highest BCUT2D eigenvalue weighted by Crippen LogP contribution is 2.28. The molecular weight excluding hydrogens is 362 g/mol. The molecular formula is C22H27N7. The fourth-order valence-electron chi connectivity index (χ4n) is 4.55. The Labute approximate surface area is 170 Å². The Kier molecular flexibility index (Phi) is 4.67. The minimum absolute atomic E-state index is 0.424. The Balaban J connectivity index is 1.32. The summed E-state index contributed by atoms with van der Waals surface area (Å²) >= 11 is 0. The van der Waals surface area contributed by atoms with Gasteiger partial charge in [-0.3, -0.25) is 4.90 Å². The number of benzene rings is 1. The molecule has 7 nitrogen and oxygen atoms in total. The van der Waals surface area contributed by atoms with E-state index < -0.39 is 0 Å². The quantitative estimate of drug-likeness (QED) is 0.527. The van der Waals surface area contributed by atoms with Crippen LogP contribution in [-0.2, 0) is 27.2 Å².